The van der Waals surface area contributed by atoms with Gasteiger partial charge in [-0.05, 0) is 17.9 Å². The SMILES string of the molecule is CCC(C)C(NC(=O)C(CC(=O)O)NC(=O)C(CS)NC(=O)C(N)Cc1ccccc1)C(=O)O. The molecular weight excluding hydrogens is 464 g/mol. The lowest BCUT2D eigenvalue weighted by atomic mass is 9.98. The Bertz CT molecular complexity index is 868. The molecule has 1 aromatic carbocycles. The lowest BCUT2D eigenvalue weighted by Gasteiger charge is -2.25. The van der Waals surface area contributed by atoms with Gasteiger partial charge in [0, 0.05) is 5.75 Å². The number of carboxylic acid groups (broad SMARTS) is 2. The van der Waals surface area contributed by atoms with Crippen molar-refractivity contribution in [1.29, 1.82) is 0 Å². The zero-order chi connectivity index (χ0) is 25.8. The maximum absolute atomic E-state index is 12.7. The maximum atomic E-state index is 12.7. The third-order valence-corrected chi connectivity index (χ3v) is 5.60. The predicted octanol–water partition coefficient (Wildman–Crippen LogP) is -0.454. The summed E-state index contributed by atoms with van der Waals surface area (Å²) in [6.45, 7) is 3.36. The highest BCUT2D eigenvalue weighted by molar-refractivity contribution is 7.80. The summed E-state index contributed by atoms with van der Waals surface area (Å²) in [5, 5.41) is 25.5. The Morgan fingerprint density at radius 3 is 2.00 bits per heavy atom. The van der Waals surface area contributed by atoms with E-state index in [9.17, 15) is 29.1 Å². The van der Waals surface area contributed by atoms with Gasteiger partial charge in [-0.2, -0.15) is 12.6 Å². The summed E-state index contributed by atoms with van der Waals surface area (Å²) in [5.74, 6) is -5.69. The Hall–Kier alpha value is -3.12. The van der Waals surface area contributed by atoms with Crippen LogP contribution in [-0.4, -0.2) is 69.8 Å². The average molecular weight is 497 g/mol. The number of aliphatic carboxylic acids is 2. The van der Waals surface area contributed by atoms with Crippen LogP contribution in [0.3, 0.4) is 0 Å². The summed E-state index contributed by atoms with van der Waals surface area (Å²) in [6, 6.07) is 4.04. The molecule has 7 N–H and O–H groups in total. The molecule has 3 amide bonds. The van der Waals surface area contributed by atoms with Gasteiger partial charge < -0.3 is 31.9 Å². The Morgan fingerprint density at radius 1 is 0.941 bits per heavy atom. The van der Waals surface area contributed by atoms with Crippen LogP contribution in [0.4, 0.5) is 0 Å². The molecule has 0 aliphatic rings. The van der Waals surface area contributed by atoms with Gasteiger partial charge in [-0.25, -0.2) is 4.79 Å². The zero-order valence-corrected chi connectivity index (χ0v) is 20.0. The second-order valence-corrected chi connectivity index (χ2v) is 8.27. The van der Waals surface area contributed by atoms with Gasteiger partial charge in [0.25, 0.3) is 0 Å². The number of nitrogens with one attached hydrogen (secondary N) is 3. The van der Waals surface area contributed by atoms with Crippen molar-refractivity contribution >= 4 is 42.3 Å². The Morgan fingerprint density at radius 2 is 1.50 bits per heavy atom. The van der Waals surface area contributed by atoms with E-state index in [4.69, 9.17) is 10.8 Å². The second kappa shape index (κ2) is 14.2. The normalized spacial score (nSPS) is 15.2. The first-order valence-electron chi connectivity index (χ1n) is 10.8. The quantitative estimate of drug-likeness (QED) is 0.169. The largest absolute Gasteiger partial charge is 0.481 e. The van der Waals surface area contributed by atoms with Gasteiger partial charge in [-0.1, -0.05) is 50.6 Å². The maximum Gasteiger partial charge on any atom is 0.326 e. The van der Waals surface area contributed by atoms with Gasteiger partial charge in [-0.15, -0.1) is 0 Å². The van der Waals surface area contributed by atoms with E-state index in [1.807, 2.05) is 6.07 Å². The van der Waals surface area contributed by atoms with Crippen LogP contribution in [0.1, 0.15) is 32.3 Å². The summed E-state index contributed by atoms with van der Waals surface area (Å²) in [5.41, 5.74) is 6.75. The van der Waals surface area contributed by atoms with E-state index in [1.165, 1.54) is 0 Å². The fourth-order valence-corrected chi connectivity index (χ4v) is 3.28. The van der Waals surface area contributed by atoms with E-state index in [0.29, 0.717) is 6.42 Å². The van der Waals surface area contributed by atoms with E-state index in [2.05, 4.69) is 28.6 Å². The van der Waals surface area contributed by atoms with E-state index >= 15 is 0 Å². The minimum Gasteiger partial charge on any atom is -0.481 e. The van der Waals surface area contributed by atoms with Gasteiger partial charge in [-0.3, -0.25) is 19.2 Å². The molecule has 5 atom stereocenters. The van der Waals surface area contributed by atoms with Crippen LogP contribution < -0.4 is 21.7 Å². The highest BCUT2D eigenvalue weighted by atomic mass is 32.1. The lowest BCUT2D eigenvalue weighted by Crippen LogP contribution is -2.58. The molecule has 1 aromatic rings. The van der Waals surface area contributed by atoms with Crippen molar-refractivity contribution in [3.63, 3.8) is 0 Å². The molecule has 0 bridgehead atoms. The van der Waals surface area contributed by atoms with Crippen LogP contribution in [0.15, 0.2) is 30.3 Å². The molecule has 0 saturated heterocycles. The average Bonchev–Trinajstić information content (AvgIpc) is 2.79. The smallest absolute Gasteiger partial charge is 0.326 e. The van der Waals surface area contributed by atoms with Crippen molar-refractivity contribution in [2.75, 3.05) is 5.75 Å². The van der Waals surface area contributed by atoms with Gasteiger partial charge in [0.05, 0.1) is 12.5 Å². The van der Waals surface area contributed by atoms with Crippen LogP contribution >= 0.6 is 12.6 Å². The number of carbonyl (C=O) groups is 5. The number of hydrogen-bond donors (Lipinski definition) is 7. The summed E-state index contributed by atoms with van der Waals surface area (Å²) >= 11 is 4.05. The van der Waals surface area contributed by atoms with E-state index in [1.54, 1.807) is 38.1 Å². The second-order valence-electron chi connectivity index (χ2n) is 7.91. The van der Waals surface area contributed by atoms with Gasteiger partial charge in [0.2, 0.25) is 17.7 Å². The summed E-state index contributed by atoms with van der Waals surface area (Å²) in [6.07, 6.45) is -0.112. The topological polar surface area (TPSA) is 188 Å². The van der Waals surface area contributed by atoms with Crippen LogP contribution in [0, 0.1) is 5.92 Å². The van der Waals surface area contributed by atoms with Crippen molar-refractivity contribution in [3.05, 3.63) is 35.9 Å². The number of hydrogen-bond acceptors (Lipinski definition) is 7. The minimum atomic E-state index is -1.56. The van der Waals surface area contributed by atoms with Crippen molar-refractivity contribution in [1.82, 2.24) is 16.0 Å². The van der Waals surface area contributed by atoms with Crippen molar-refractivity contribution < 1.29 is 34.2 Å². The number of carboxylic acids is 2. The molecule has 11 nitrogen and oxygen atoms in total. The fourth-order valence-electron chi connectivity index (χ4n) is 3.03. The minimum absolute atomic E-state index is 0.151. The summed E-state index contributed by atoms with van der Waals surface area (Å²) in [4.78, 5) is 60.5. The van der Waals surface area contributed by atoms with Crippen molar-refractivity contribution in [3.8, 4) is 0 Å². The van der Waals surface area contributed by atoms with Crippen LogP contribution in [0.25, 0.3) is 0 Å². The van der Waals surface area contributed by atoms with E-state index < -0.39 is 66.2 Å². The number of nitrogens with two attached hydrogens (primary N) is 1. The van der Waals surface area contributed by atoms with Gasteiger partial charge >= 0.3 is 11.9 Å². The molecule has 0 spiro atoms. The predicted molar refractivity (Wildman–Crippen MR) is 127 cm³/mol. The third-order valence-electron chi connectivity index (χ3n) is 5.24. The molecule has 0 fully saturated rings. The molecule has 0 saturated carbocycles. The highest BCUT2D eigenvalue weighted by Crippen LogP contribution is 2.09. The lowest BCUT2D eigenvalue weighted by molar-refractivity contribution is -0.144. The van der Waals surface area contributed by atoms with Gasteiger partial charge in [0.15, 0.2) is 0 Å². The van der Waals surface area contributed by atoms with Gasteiger partial charge in [0.1, 0.15) is 18.1 Å². The molecule has 0 aliphatic carbocycles. The number of rotatable bonds is 14. The molecule has 34 heavy (non-hydrogen) atoms. The summed E-state index contributed by atoms with van der Waals surface area (Å²) < 4.78 is 0. The fraction of sp³-hybridized carbons (Fsp3) is 0.500. The van der Waals surface area contributed by atoms with E-state index in [-0.39, 0.29) is 12.2 Å². The number of thiol groups is 1. The molecule has 1 rings (SSSR count). The zero-order valence-electron chi connectivity index (χ0n) is 19.1. The molecule has 0 heterocycles. The molecular formula is C22H32N4O7S. The molecule has 5 unspecified atom stereocenters. The molecule has 188 valence electrons. The first kappa shape index (κ1) is 28.9. The first-order chi connectivity index (χ1) is 16.0. The number of amides is 3. The van der Waals surface area contributed by atoms with Crippen LogP contribution in [-0.2, 0) is 30.4 Å². The molecule has 0 aromatic heterocycles. The Balaban J connectivity index is 2.86. The number of benzene rings is 1. The van der Waals surface area contributed by atoms with Crippen LogP contribution in [0.5, 0.6) is 0 Å². The number of carbonyl (C=O) groups excluding carboxylic acids is 3. The van der Waals surface area contributed by atoms with E-state index in [0.717, 1.165) is 5.56 Å². The van der Waals surface area contributed by atoms with Crippen LogP contribution in [0.2, 0.25) is 0 Å². The monoisotopic (exact) mass is 496 g/mol. The Labute approximate surface area is 203 Å². The third kappa shape index (κ3) is 9.40. The summed E-state index contributed by atoms with van der Waals surface area (Å²) in [7, 11) is 0. The standard InChI is InChI=1S/C22H32N4O7S/c1-3-12(2)18(22(32)33)26-20(30)15(10-17(27)28)24-21(31)16(11-34)25-19(29)14(23)9-13-7-5-4-6-8-13/h4-8,12,14-16,18,34H,3,9-11,23H2,1-2H3,(H,24,31)(H,25,29)(H,26,30)(H,27,28)(H,32,33). The molecule has 0 radical (unpaired) electrons. The molecule has 12 heteroatoms. The van der Waals surface area contributed by atoms with Crippen molar-refractivity contribution in [2.45, 2.75) is 57.3 Å². The highest BCUT2D eigenvalue weighted by Gasteiger charge is 2.32. The Kier molecular flexibility index (Phi) is 12.1. The first-order valence-corrected chi connectivity index (χ1v) is 11.4. The van der Waals surface area contributed by atoms with Crippen molar-refractivity contribution in [2.24, 2.45) is 11.7 Å². The molecule has 0 aliphatic heterocycles.